The standard InChI is InChI=1S/C9H18N2O/c1-7(2)3-4-9(12)8(5-10)6-11/h5-7,9-10,12H,3-4,11H2,1-2H3/b8-6+,10-5?. The van der Waals surface area contributed by atoms with Crippen LogP contribution in [0.5, 0.6) is 0 Å². The maximum atomic E-state index is 9.46. The Morgan fingerprint density at radius 3 is 2.42 bits per heavy atom. The van der Waals surface area contributed by atoms with Gasteiger partial charge in [-0.3, -0.25) is 0 Å². The van der Waals surface area contributed by atoms with Gasteiger partial charge in [-0.05, 0) is 18.8 Å². The lowest BCUT2D eigenvalue weighted by Crippen LogP contribution is -2.13. The highest BCUT2D eigenvalue weighted by Crippen LogP contribution is 2.10. The Bertz CT molecular complexity index is 164. The quantitative estimate of drug-likeness (QED) is 0.544. The molecule has 0 aromatic heterocycles. The molecule has 0 saturated heterocycles. The molecule has 0 radical (unpaired) electrons. The lowest BCUT2D eigenvalue weighted by atomic mass is 10.0. The molecule has 0 heterocycles. The molecule has 0 bridgehead atoms. The molecule has 1 unspecified atom stereocenters. The first-order chi connectivity index (χ1) is 5.61. The molecule has 12 heavy (non-hydrogen) atoms. The average molecular weight is 170 g/mol. The number of hydrogen-bond donors (Lipinski definition) is 3. The zero-order valence-electron chi connectivity index (χ0n) is 7.75. The number of aliphatic hydroxyl groups excluding tert-OH is 1. The Balaban J connectivity index is 3.85. The first-order valence-electron chi connectivity index (χ1n) is 4.22. The van der Waals surface area contributed by atoms with Crippen molar-refractivity contribution in [2.24, 2.45) is 11.7 Å². The van der Waals surface area contributed by atoms with Gasteiger partial charge in [-0.25, -0.2) is 0 Å². The summed E-state index contributed by atoms with van der Waals surface area (Å²) in [6, 6.07) is 0. The molecule has 4 N–H and O–H groups in total. The van der Waals surface area contributed by atoms with E-state index in [-0.39, 0.29) is 0 Å². The van der Waals surface area contributed by atoms with Crippen LogP contribution in [0, 0.1) is 11.3 Å². The van der Waals surface area contributed by atoms with Gasteiger partial charge < -0.3 is 16.2 Å². The lowest BCUT2D eigenvalue weighted by molar-refractivity contribution is 0.197. The van der Waals surface area contributed by atoms with Gasteiger partial charge in [0.05, 0.1) is 6.10 Å². The van der Waals surface area contributed by atoms with Crippen LogP contribution in [0.25, 0.3) is 0 Å². The van der Waals surface area contributed by atoms with E-state index in [2.05, 4.69) is 13.8 Å². The van der Waals surface area contributed by atoms with Crippen LogP contribution in [0.15, 0.2) is 11.8 Å². The van der Waals surface area contributed by atoms with Crippen molar-refractivity contribution in [1.29, 1.82) is 5.41 Å². The number of rotatable bonds is 5. The van der Waals surface area contributed by atoms with E-state index in [4.69, 9.17) is 11.1 Å². The minimum atomic E-state index is -0.574. The number of hydrogen-bond acceptors (Lipinski definition) is 3. The Hall–Kier alpha value is -0.830. The van der Waals surface area contributed by atoms with Crippen LogP contribution in [-0.4, -0.2) is 17.4 Å². The van der Waals surface area contributed by atoms with E-state index in [0.29, 0.717) is 17.9 Å². The Kier molecular flexibility index (Phi) is 5.37. The number of nitrogens with two attached hydrogens (primary N) is 1. The van der Waals surface area contributed by atoms with E-state index < -0.39 is 6.10 Å². The summed E-state index contributed by atoms with van der Waals surface area (Å²) in [5.41, 5.74) is 5.71. The largest absolute Gasteiger partial charge is 0.404 e. The predicted molar refractivity (Wildman–Crippen MR) is 51.1 cm³/mol. The van der Waals surface area contributed by atoms with Crippen molar-refractivity contribution in [1.82, 2.24) is 0 Å². The molecule has 3 nitrogen and oxygen atoms in total. The minimum absolute atomic E-state index is 0.496. The molecule has 0 aliphatic carbocycles. The van der Waals surface area contributed by atoms with Crippen LogP contribution in [0.1, 0.15) is 26.7 Å². The smallest absolute Gasteiger partial charge is 0.0818 e. The second kappa shape index (κ2) is 5.77. The molecular formula is C9H18N2O. The fraction of sp³-hybridized carbons (Fsp3) is 0.667. The second-order valence-corrected chi connectivity index (χ2v) is 3.30. The molecule has 1 atom stereocenters. The highest BCUT2D eigenvalue weighted by Gasteiger charge is 2.08. The van der Waals surface area contributed by atoms with E-state index in [9.17, 15) is 5.11 Å². The number of nitrogens with one attached hydrogen (secondary N) is 1. The molecule has 0 aromatic carbocycles. The summed E-state index contributed by atoms with van der Waals surface area (Å²) in [6.45, 7) is 4.20. The van der Waals surface area contributed by atoms with Crippen molar-refractivity contribution < 1.29 is 5.11 Å². The van der Waals surface area contributed by atoms with Gasteiger partial charge in [-0.1, -0.05) is 13.8 Å². The van der Waals surface area contributed by atoms with Crippen molar-refractivity contribution >= 4 is 6.21 Å². The third-order valence-electron chi connectivity index (χ3n) is 1.76. The van der Waals surface area contributed by atoms with Gasteiger partial charge in [0.25, 0.3) is 0 Å². The van der Waals surface area contributed by atoms with Gasteiger partial charge in [0.1, 0.15) is 0 Å². The van der Waals surface area contributed by atoms with Crippen molar-refractivity contribution in [2.45, 2.75) is 32.8 Å². The van der Waals surface area contributed by atoms with E-state index in [1.165, 1.54) is 6.20 Å². The predicted octanol–water partition coefficient (Wildman–Crippen LogP) is 1.28. The zero-order valence-corrected chi connectivity index (χ0v) is 7.75. The average Bonchev–Trinajstić information content (AvgIpc) is 2.03. The van der Waals surface area contributed by atoms with E-state index in [1.807, 2.05) is 0 Å². The maximum Gasteiger partial charge on any atom is 0.0818 e. The summed E-state index contributed by atoms with van der Waals surface area (Å²) in [4.78, 5) is 0. The first kappa shape index (κ1) is 11.2. The maximum absolute atomic E-state index is 9.46. The van der Waals surface area contributed by atoms with Crippen LogP contribution in [0.2, 0.25) is 0 Å². The Morgan fingerprint density at radius 1 is 1.50 bits per heavy atom. The Morgan fingerprint density at radius 2 is 2.08 bits per heavy atom. The molecule has 3 heteroatoms. The van der Waals surface area contributed by atoms with E-state index >= 15 is 0 Å². The topological polar surface area (TPSA) is 70.1 Å². The summed E-state index contributed by atoms with van der Waals surface area (Å²) < 4.78 is 0. The van der Waals surface area contributed by atoms with Gasteiger partial charge >= 0.3 is 0 Å². The first-order valence-corrected chi connectivity index (χ1v) is 4.22. The fourth-order valence-corrected chi connectivity index (χ4v) is 0.913. The molecule has 0 spiro atoms. The molecular weight excluding hydrogens is 152 g/mol. The van der Waals surface area contributed by atoms with Crippen LogP contribution in [-0.2, 0) is 0 Å². The lowest BCUT2D eigenvalue weighted by Gasteiger charge is -2.11. The third kappa shape index (κ3) is 4.13. The molecule has 0 rings (SSSR count). The van der Waals surface area contributed by atoms with Crippen molar-refractivity contribution in [3.8, 4) is 0 Å². The van der Waals surface area contributed by atoms with Gasteiger partial charge in [0.2, 0.25) is 0 Å². The van der Waals surface area contributed by atoms with Gasteiger partial charge in [-0.2, -0.15) is 0 Å². The summed E-state index contributed by atoms with van der Waals surface area (Å²) in [5, 5.41) is 16.4. The summed E-state index contributed by atoms with van der Waals surface area (Å²) >= 11 is 0. The van der Waals surface area contributed by atoms with Crippen molar-refractivity contribution in [3.63, 3.8) is 0 Å². The molecule has 0 aliphatic heterocycles. The molecule has 70 valence electrons. The van der Waals surface area contributed by atoms with E-state index in [0.717, 1.165) is 12.6 Å². The van der Waals surface area contributed by atoms with Crippen LogP contribution >= 0.6 is 0 Å². The van der Waals surface area contributed by atoms with Crippen LogP contribution in [0.3, 0.4) is 0 Å². The molecule has 0 aromatic rings. The summed E-state index contributed by atoms with van der Waals surface area (Å²) in [6.07, 6.45) is 3.45. The zero-order chi connectivity index (χ0) is 9.56. The Labute approximate surface area is 73.8 Å². The summed E-state index contributed by atoms with van der Waals surface area (Å²) in [5.74, 6) is 0.574. The van der Waals surface area contributed by atoms with Gasteiger partial charge in [0.15, 0.2) is 0 Å². The highest BCUT2D eigenvalue weighted by molar-refractivity contribution is 5.76. The second-order valence-electron chi connectivity index (χ2n) is 3.30. The SMILES string of the molecule is CC(C)CCC(O)/C(C=N)=C/N. The molecule has 0 amide bonds. The highest BCUT2D eigenvalue weighted by atomic mass is 16.3. The fourth-order valence-electron chi connectivity index (χ4n) is 0.913. The van der Waals surface area contributed by atoms with Gasteiger partial charge in [-0.15, -0.1) is 0 Å². The summed E-state index contributed by atoms with van der Waals surface area (Å²) in [7, 11) is 0. The number of aliphatic hydroxyl groups is 1. The third-order valence-corrected chi connectivity index (χ3v) is 1.76. The van der Waals surface area contributed by atoms with Crippen LogP contribution < -0.4 is 5.73 Å². The van der Waals surface area contributed by atoms with Crippen LogP contribution in [0.4, 0.5) is 0 Å². The molecule has 0 aliphatic rings. The normalized spacial score (nSPS) is 14.8. The van der Waals surface area contributed by atoms with E-state index in [1.54, 1.807) is 0 Å². The monoisotopic (exact) mass is 170 g/mol. The van der Waals surface area contributed by atoms with Crippen molar-refractivity contribution in [2.75, 3.05) is 0 Å². The van der Waals surface area contributed by atoms with Crippen molar-refractivity contribution in [3.05, 3.63) is 11.8 Å². The minimum Gasteiger partial charge on any atom is -0.404 e. The van der Waals surface area contributed by atoms with Gasteiger partial charge in [0, 0.05) is 18.0 Å². The molecule has 0 saturated carbocycles. The molecule has 0 fully saturated rings.